The Labute approximate surface area is 122 Å². The molecule has 8 heteroatoms. The molecule has 0 aliphatic carbocycles. The number of primary sulfonamides is 1. The molecule has 1 aromatic heterocycles. The van der Waals surface area contributed by atoms with E-state index in [2.05, 4.69) is 4.98 Å². The minimum Gasteiger partial charge on any atom is -0.490 e. The van der Waals surface area contributed by atoms with Crippen LogP contribution in [0.15, 0.2) is 35.5 Å². The van der Waals surface area contributed by atoms with Crippen LogP contribution < -0.4 is 9.88 Å². The van der Waals surface area contributed by atoms with Crippen molar-refractivity contribution in [3.8, 4) is 5.75 Å². The number of nitrogens with two attached hydrogens (primary N) is 1. The van der Waals surface area contributed by atoms with Crippen LogP contribution in [0.3, 0.4) is 0 Å². The molecule has 0 aliphatic rings. The molecule has 0 amide bonds. The summed E-state index contributed by atoms with van der Waals surface area (Å²) in [7, 11) is -3.88. The van der Waals surface area contributed by atoms with Gasteiger partial charge in [0.25, 0.3) is 0 Å². The smallest absolute Gasteiger partial charge is 0.241 e. The van der Waals surface area contributed by atoms with Crippen molar-refractivity contribution in [2.24, 2.45) is 5.14 Å². The molecule has 0 saturated carbocycles. The van der Waals surface area contributed by atoms with Gasteiger partial charge in [0.2, 0.25) is 10.0 Å². The molecule has 0 bridgehead atoms. The van der Waals surface area contributed by atoms with E-state index in [1.165, 1.54) is 12.1 Å². The van der Waals surface area contributed by atoms with Gasteiger partial charge >= 0.3 is 0 Å². The second-order valence-corrected chi connectivity index (χ2v) is 6.12. The van der Waals surface area contributed by atoms with Gasteiger partial charge in [-0.15, -0.1) is 0 Å². The number of halogens is 1. The predicted octanol–water partition coefficient (Wildman–Crippen LogP) is 1.57. The van der Waals surface area contributed by atoms with Crippen LogP contribution in [0.5, 0.6) is 5.75 Å². The summed E-state index contributed by atoms with van der Waals surface area (Å²) in [6, 6.07) is 4.31. The Kier molecular flexibility index (Phi) is 4.32. The van der Waals surface area contributed by atoms with Crippen molar-refractivity contribution in [1.29, 1.82) is 0 Å². The minimum atomic E-state index is -3.88. The average Bonchev–Trinajstić information content (AvgIpc) is 2.76. The second-order valence-electron chi connectivity index (χ2n) is 4.15. The summed E-state index contributed by atoms with van der Waals surface area (Å²) in [6.45, 7) is 2.72. The van der Waals surface area contributed by atoms with Crippen molar-refractivity contribution in [2.45, 2.75) is 18.4 Å². The summed E-state index contributed by atoms with van der Waals surface area (Å²) in [5, 5.41) is 5.42. The normalized spacial score (nSPS) is 11.6. The fraction of sp³-hybridized carbons (Fsp3) is 0.250. The molecule has 2 N–H and O–H groups in total. The molecule has 6 nitrogen and oxygen atoms in total. The zero-order chi connectivity index (χ0) is 14.8. The minimum absolute atomic E-state index is 0.118. The summed E-state index contributed by atoms with van der Waals surface area (Å²) in [4.78, 5) is 3.97. The van der Waals surface area contributed by atoms with Crippen LogP contribution in [0, 0.1) is 6.92 Å². The molecule has 2 aromatic rings. The highest BCUT2D eigenvalue weighted by Gasteiger charge is 2.15. The number of imidazole rings is 1. The third kappa shape index (κ3) is 3.50. The van der Waals surface area contributed by atoms with Crippen LogP contribution in [0.25, 0.3) is 0 Å². The van der Waals surface area contributed by atoms with Crippen LogP contribution in [0.4, 0.5) is 0 Å². The van der Waals surface area contributed by atoms with Crippen LogP contribution in [-0.2, 0) is 16.6 Å². The van der Waals surface area contributed by atoms with Gasteiger partial charge in [-0.1, -0.05) is 11.6 Å². The Morgan fingerprint density at radius 2 is 2.20 bits per heavy atom. The number of rotatable bonds is 5. The third-order valence-corrected chi connectivity index (χ3v) is 3.89. The third-order valence-electron chi connectivity index (χ3n) is 2.73. The van der Waals surface area contributed by atoms with Crippen molar-refractivity contribution in [1.82, 2.24) is 9.55 Å². The number of hydrogen-bond acceptors (Lipinski definition) is 4. The largest absolute Gasteiger partial charge is 0.490 e. The maximum atomic E-state index is 11.5. The van der Waals surface area contributed by atoms with Gasteiger partial charge in [0.15, 0.2) is 0 Å². The topological polar surface area (TPSA) is 87.2 Å². The summed E-state index contributed by atoms with van der Waals surface area (Å²) >= 11 is 5.77. The van der Waals surface area contributed by atoms with E-state index in [0.717, 1.165) is 5.82 Å². The molecule has 0 unspecified atom stereocenters. The number of aryl methyl sites for hydroxylation is 1. The van der Waals surface area contributed by atoms with Crippen molar-refractivity contribution in [2.75, 3.05) is 6.61 Å². The highest BCUT2D eigenvalue weighted by molar-refractivity contribution is 7.89. The van der Waals surface area contributed by atoms with E-state index in [9.17, 15) is 8.42 Å². The molecule has 0 saturated heterocycles. The molecular formula is C12H14ClN3O3S. The first-order valence-corrected chi connectivity index (χ1v) is 7.73. The molecule has 1 aromatic carbocycles. The first kappa shape index (κ1) is 14.8. The van der Waals surface area contributed by atoms with Gasteiger partial charge in [-0.2, -0.15) is 0 Å². The first-order valence-electron chi connectivity index (χ1n) is 5.81. The average molecular weight is 316 g/mol. The molecule has 108 valence electrons. The lowest BCUT2D eigenvalue weighted by Gasteiger charge is -2.11. The molecule has 20 heavy (non-hydrogen) atoms. The number of nitrogens with zero attached hydrogens (tertiary/aromatic N) is 2. The van der Waals surface area contributed by atoms with Gasteiger partial charge in [-0.3, -0.25) is 0 Å². The van der Waals surface area contributed by atoms with E-state index in [4.69, 9.17) is 21.5 Å². The Morgan fingerprint density at radius 3 is 2.80 bits per heavy atom. The van der Waals surface area contributed by atoms with E-state index < -0.39 is 10.0 Å². The molecule has 0 aliphatic heterocycles. The SMILES string of the molecule is Cc1nccn1CCOc1ccc(Cl)cc1S(N)(=O)=O. The molecule has 0 radical (unpaired) electrons. The highest BCUT2D eigenvalue weighted by atomic mass is 35.5. The van der Waals surface area contributed by atoms with Crippen molar-refractivity contribution in [3.63, 3.8) is 0 Å². The van der Waals surface area contributed by atoms with Gasteiger partial charge in [0.05, 0.1) is 6.54 Å². The molecule has 0 fully saturated rings. The Bertz CT molecular complexity index is 712. The first-order chi connectivity index (χ1) is 9.38. The quantitative estimate of drug-likeness (QED) is 0.907. The predicted molar refractivity (Wildman–Crippen MR) is 75.3 cm³/mol. The van der Waals surface area contributed by atoms with Gasteiger partial charge in [-0.05, 0) is 25.1 Å². The number of sulfonamides is 1. The lowest BCUT2D eigenvalue weighted by atomic mass is 10.3. The molecule has 2 rings (SSSR count). The van der Waals surface area contributed by atoms with Crippen LogP contribution >= 0.6 is 11.6 Å². The molecule has 1 heterocycles. The summed E-state index contributed by atoms with van der Waals surface area (Å²) in [6.07, 6.45) is 3.51. The maximum absolute atomic E-state index is 11.5. The Balaban J connectivity index is 2.12. The number of hydrogen-bond donors (Lipinski definition) is 1. The zero-order valence-corrected chi connectivity index (χ0v) is 12.4. The van der Waals surface area contributed by atoms with E-state index in [1.54, 1.807) is 12.3 Å². The Morgan fingerprint density at radius 1 is 1.45 bits per heavy atom. The lowest BCUT2D eigenvalue weighted by Crippen LogP contribution is -2.15. The van der Waals surface area contributed by atoms with Gasteiger partial charge in [-0.25, -0.2) is 18.5 Å². The number of benzene rings is 1. The standard InChI is InChI=1S/C12H14ClN3O3S/c1-9-15-4-5-16(9)6-7-19-11-3-2-10(13)8-12(11)20(14,17)18/h2-5,8H,6-7H2,1H3,(H2,14,17,18). The van der Waals surface area contributed by atoms with E-state index in [-0.39, 0.29) is 15.7 Å². The lowest BCUT2D eigenvalue weighted by molar-refractivity contribution is 0.290. The fourth-order valence-corrected chi connectivity index (χ4v) is 2.65. The van der Waals surface area contributed by atoms with Crippen molar-refractivity contribution in [3.05, 3.63) is 41.4 Å². The maximum Gasteiger partial charge on any atom is 0.241 e. The zero-order valence-electron chi connectivity index (χ0n) is 10.8. The van der Waals surface area contributed by atoms with Gasteiger partial charge in [0.1, 0.15) is 23.1 Å². The Hall–Kier alpha value is -1.57. The monoisotopic (exact) mass is 315 g/mol. The molecule has 0 atom stereocenters. The fourth-order valence-electron chi connectivity index (χ4n) is 1.72. The molecular weight excluding hydrogens is 302 g/mol. The van der Waals surface area contributed by atoms with Gasteiger partial charge in [0, 0.05) is 17.4 Å². The van der Waals surface area contributed by atoms with Crippen molar-refractivity contribution < 1.29 is 13.2 Å². The summed E-state index contributed by atoms with van der Waals surface area (Å²) in [5.41, 5.74) is 0. The number of ether oxygens (including phenoxy) is 1. The van der Waals surface area contributed by atoms with Crippen LogP contribution in [0.1, 0.15) is 5.82 Å². The summed E-state index contributed by atoms with van der Waals surface area (Å²) in [5.74, 6) is 1.05. The van der Waals surface area contributed by atoms with Crippen LogP contribution in [0.2, 0.25) is 5.02 Å². The van der Waals surface area contributed by atoms with Gasteiger partial charge < -0.3 is 9.30 Å². The second kappa shape index (κ2) is 5.82. The van der Waals surface area contributed by atoms with E-state index >= 15 is 0 Å². The molecule has 0 spiro atoms. The summed E-state index contributed by atoms with van der Waals surface area (Å²) < 4.78 is 30.3. The van der Waals surface area contributed by atoms with E-state index in [0.29, 0.717) is 13.2 Å². The van der Waals surface area contributed by atoms with E-state index in [1.807, 2.05) is 17.7 Å². The number of aromatic nitrogens is 2. The van der Waals surface area contributed by atoms with Crippen molar-refractivity contribution >= 4 is 21.6 Å². The highest BCUT2D eigenvalue weighted by Crippen LogP contribution is 2.26. The van der Waals surface area contributed by atoms with Crippen LogP contribution in [-0.4, -0.2) is 24.6 Å².